The van der Waals surface area contributed by atoms with E-state index >= 15 is 0 Å². The molecular formula is C22H21F3N2. The summed E-state index contributed by atoms with van der Waals surface area (Å²) in [6.07, 6.45) is -1.25. The van der Waals surface area contributed by atoms with Gasteiger partial charge >= 0.3 is 6.18 Å². The Hall–Kier alpha value is -2.53. The van der Waals surface area contributed by atoms with Crippen LogP contribution in [0, 0.1) is 0 Å². The smallest absolute Gasteiger partial charge is 0.350 e. The van der Waals surface area contributed by atoms with Crippen LogP contribution in [0.25, 0.3) is 0 Å². The molecule has 0 spiro atoms. The van der Waals surface area contributed by atoms with Crippen molar-refractivity contribution in [1.82, 2.24) is 9.47 Å². The highest BCUT2D eigenvalue weighted by molar-refractivity contribution is 5.33. The van der Waals surface area contributed by atoms with Crippen molar-refractivity contribution in [3.8, 4) is 0 Å². The predicted octanol–water partition coefficient (Wildman–Crippen LogP) is 5.50. The summed E-state index contributed by atoms with van der Waals surface area (Å²) in [6.45, 7) is 2.57. The van der Waals surface area contributed by atoms with E-state index in [2.05, 4.69) is 33.9 Å². The first-order chi connectivity index (χ1) is 13.0. The second kappa shape index (κ2) is 7.24. The summed E-state index contributed by atoms with van der Waals surface area (Å²) in [7, 11) is 0. The van der Waals surface area contributed by atoms with Crippen molar-refractivity contribution in [3.05, 3.63) is 95.3 Å². The molecule has 2 nitrogen and oxygen atoms in total. The molecule has 27 heavy (non-hydrogen) atoms. The minimum Gasteiger partial charge on any atom is -0.350 e. The number of rotatable bonds is 3. The van der Waals surface area contributed by atoms with Gasteiger partial charge in [0, 0.05) is 31.5 Å². The van der Waals surface area contributed by atoms with E-state index in [-0.39, 0.29) is 6.04 Å². The topological polar surface area (TPSA) is 8.17 Å². The average Bonchev–Trinajstić information content (AvgIpc) is 3.04. The molecular weight excluding hydrogens is 349 g/mol. The fraction of sp³-hybridized carbons (Fsp3) is 0.273. The molecule has 0 N–H and O–H groups in total. The first-order valence-corrected chi connectivity index (χ1v) is 9.12. The van der Waals surface area contributed by atoms with Crippen LogP contribution >= 0.6 is 0 Å². The van der Waals surface area contributed by atoms with Gasteiger partial charge in [0.25, 0.3) is 0 Å². The number of halogens is 3. The highest BCUT2D eigenvalue weighted by atomic mass is 19.4. The number of aryl methyl sites for hydroxylation is 1. The van der Waals surface area contributed by atoms with Crippen LogP contribution in [0.5, 0.6) is 0 Å². The van der Waals surface area contributed by atoms with Crippen molar-refractivity contribution < 1.29 is 13.2 Å². The second-order valence-corrected chi connectivity index (χ2v) is 6.96. The first-order valence-electron chi connectivity index (χ1n) is 9.12. The third-order valence-electron chi connectivity index (χ3n) is 5.14. The van der Waals surface area contributed by atoms with Gasteiger partial charge in [0.15, 0.2) is 0 Å². The molecule has 140 valence electrons. The number of hydrogen-bond acceptors (Lipinski definition) is 1. The molecule has 1 aromatic heterocycles. The lowest BCUT2D eigenvalue weighted by Crippen LogP contribution is -2.29. The van der Waals surface area contributed by atoms with Crippen LogP contribution in [0.1, 0.15) is 34.8 Å². The molecule has 0 bridgehead atoms. The molecule has 1 atom stereocenters. The van der Waals surface area contributed by atoms with Gasteiger partial charge < -0.3 is 4.57 Å². The Balaban J connectivity index is 1.72. The SMILES string of the molecule is FC(F)(F)c1ccc(C2c3cccn3CCCN2Cc2ccccc2)cc1. The lowest BCUT2D eigenvalue weighted by molar-refractivity contribution is -0.137. The van der Waals surface area contributed by atoms with Gasteiger partial charge in [0.2, 0.25) is 0 Å². The summed E-state index contributed by atoms with van der Waals surface area (Å²) in [4.78, 5) is 2.36. The van der Waals surface area contributed by atoms with Gasteiger partial charge in [-0.25, -0.2) is 0 Å². The number of fused-ring (bicyclic) bond motifs is 1. The van der Waals surface area contributed by atoms with Crippen molar-refractivity contribution in [1.29, 1.82) is 0 Å². The van der Waals surface area contributed by atoms with E-state index in [9.17, 15) is 13.2 Å². The van der Waals surface area contributed by atoms with E-state index in [4.69, 9.17) is 0 Å². The highest BCUT2D eigenvalue weighted by Gasteiger charge is 2.32. The predicted molar refractivity (Wildman–Crippen MR) is 99.2 cm³/mol. The number of benzene rings is 2. The molecule has 2 heterocycles. The van der Waals surface area contributed by atoms with Crippen LogP contribution in [0.3, 0.4) is 0 Å². The third kappa shape index (κ3) is 3.78. The van der Waals surface area contributed by atoms with E-state index in [1.165, 1.54) is 17.7 Å². The van der Waals surface area contributed by atoms with E-state index in [1.807, 2.05) is 24.3 Å². The van der Waals surface area contributed by atoms with Crippen molar-refractivity contribution >= 4 is 0 Å². The summed E-state index contributed by atoms with van der Waals surface area (Å²) < 4.78 is 41.1. The summed E-state index contributed by atoms with van der Waals surface area (Å²) in [5, 5.41) is 0. The molecule has 0 saturated heterocycles. The van der Waals surface area contributed by atoms with Crippen LogP contribution < -0.4 is 0 Å². The lowest BCUT2D eigenvalue weighted by Gasteiger charge is -2.31. The normalized spacial score (nSPS) is 18.1. The maximum atomic E-state index is 13.0. The quantitative estimate of drug-likeness (QED) is 0.591. The van der Waals surface area contributed by atoms with Crippen molar-refractivity contribution in [2.75, 3.05) is 6.54 Å². The number of nitrogens with zero attached hydrogens (tertiary/aromatic N) is 2. The van der Waals surface area contributed by atoms with Gasteiger partial charge in [-0.15, -0.1) is 0 Å². The zero-order chi connectivity index (χ0) is 18.9. The molecule has 0 radical (unpaired) electrons. The molecule has 3 aromatic rings. The minimum absolute atomic E-state index is 0.0648. The summed E-state index contributed by atoms with van der Waals surface area (Å²) in [6, 6.07) is 19.8. The Kier molecular flexibility index (Phi) is 4.79. The molecule has 1 aliphatic heterocycles. The zero-order valence-corrected chi connectivity index (χ0v) is 14.9. The molecule has 0 saturated carbocycles. The first kappa shape index (κ1) is 17.9. The van der Waals surface area contributed by atoms with Gasteiger partial charge in [-0.1, -0.05) is 42.5 Å². The van der Waals surface area contributed by atoms with E-state index in [1.54, 1.807) is 12.1 Å². The standard InChI is InChI=1S/C22H21F3N2/c23-22(24,25)19-11-9-18(10-12-19)21-20-8-4-13-26(20)14-5-15-27(21)16-17-6-2-1-3-7-17/h1-4,6-13,21H,5,14-16H2. The maximum absolute atomic E-state index is 13.0. The van der Waals surface area contributed by atoms with E-state index in [0.29, 0.717) is 0 Å². The van der Waals surface area contributed by atoms with Gasteiger partial charge in [-0.2, -0.15) is 13.2 Å². The Morgan fingerprint density at radius 2 is 1.59 bits per heavy atom. The van der Waals surface area contributed by atoms with Gasteiger partial charge in [-0.05, 0) is 41.8 Å². The van der Waals surface area contributed by atoms with E-state index in [0.717, 1.165) is 37.3 Å². The van der Waals surface area contributed by atoms with Crippen LogP contribution in [-0.4, -0.2) is 16.0 Å². The monoisotopic (exact) mass is 370 g/mol. The maximum Gasteiger partial charge on any atom is 0.416 e. The average molecular weight is 370 g/mol. The molecule has 1 unspecified atom stereocenters. The second-order valence-electron chi connectivity index (χ2n) is 6.96. The van der Waals surface area contributed by atoms with Crippen molar-refractivity contribution in [2.24, 2.45) is 0 Å². The molecule has 0 amide bonds. The summed E-state index contributed by atoms with van der Waals surface area (Å²) >= 11 is 0. The van der Waals surface area contributed by atoms with Crippen molar-refractivity contribution in [2.45, 2.75) is 31.7 Å². The van der Waals surface area contributed by atoms with Crippen LogP contribution in [0.15, 0.2) is 72.9 Å². The fourth-order valence-electron chi connectivity index (χ4n) is 3.86. The highest BCUT2D eigenvalue weighted by Crippen LogP contribution is 2.35. The van der Waals surface area contributed by atoms with Crippen LogP contribution in [0.2, 0.25) is 0 Å². The number of hydrogen-bond donors (Lipinski definition) is 0. The Morgan fingerprint density at radius 1 is 0.852 bits per heavy atom. The molecule has 5 heteroatoms. The van der Waals surface area contributed by atoms with Gasteiger partial charge in [-0.3, -0.25) is 4.90 Å². The van der Waals surface area contributed by atoms with Crippen LogP contribution in [-0.2, 0) is 19.3 Å². The van der Waals surface area contributed by atoms with Crippen LogP contribution in [0.4, 0.5) is 13.2 Å². The van der Waals surface area contributed by atoms with Gasteiger partial charge in [0.1, 0.15) is 0 Å². The Bertz CT molecular complexity index is 882. The molecule has 0 fully saturated rings. The number of alkyl halides is 3. The van der Waals surface area contributed by atoms with Crippen molar-refractivity contribution in [3.63, 3.8) is 0 Å². The Morgan fingerprint density at radius 3 is 2.30 bits per heavy atom. The molecule has 0 aliphatic carbocycles. The lowest BCUT2D eigenvalue weighted by atomic mass is 9.99. The fourth-order valence-corrected chi connectivity index (χ4v) is 3.86. The molecule has 4 rings (SSSR count). The summed E-state index contributed by atoms with van der Waals surface area (Å²) in [5.74, 6) is 0. The molecule has 2 aromatic carbocycles. The zero-order valence-electron chi connectivity index (χ0n) is 14.9. The Labute approximate surface area is 156 Å². The minimum atomic E-state index is -4.31. The third-order valence-corrected chi connectivity index (χ3v) is 5.14. The largest absolute Gasteiger partial charge is 0.416 e. The molecule has 1 aliphatic rings. The summed E-state index contributed by atoms with van der Waals surface area (Å²) in [5.41, 5.74) is 2.61. The van der Waals surface area contributed by atoms with E-state index < -0.39 is 11.7 Å². The number of aromatic nitrogens is 1. The van der Waals surface area contributed by atoms with Gasteiger partial charge in [0.05, 0.1) is 11.6 Å².